The normalized spacial score (nSPS) is 12.1. The Balaban J connectivity index is 0.000000128. The van der Waals surface area contributed by atoms with Gasteiger partial charge in [-0.25, -0.2) is 88.2 Å². The van der Waals surface area contributed by atoms with Crippen molar-refractivity contribution in [3.05, 3.63) is 447 Å². The summed E-state index contributed by atoms with van der Waals surface area (Å²) >= 11 is 2.25. The fourth-order valence-electron chi connectivity index (χ4n) is 17.2. The Labute approximate surface area is 806 Å². The predicted molar refractivity (Wildman–Crippen MR) is 518 cm³/mol. The number of carbonyl (C=O) groups is 4. The molecule has 4 amide bonds. The molecule has 4 aliphatic rings. The molecular formula is C111H86F11IN12O4. The first-order chi connectivity index (χ1) is 67.4. The number of amides is 4. The number of halogens is 12. The molecule has 0 aliphatic heterocycles. The van der Waals surface area contributed by atoms with Crippen molar-refractivity contribution in [1.29, 1.82) is 0 Å². The maximum atomic E-state index is 14.1. The standard InChI is InChI=1S/C28H19F6N3O.C28H22F3N3O.C28H23FIN3O.C27H22FN3O/c29-16-8-9-17-15(12-16)7-11-19-27(17)35-20(10-6-14-4-2-1-3-5-14)28(36-19)37-21(38)13-18-22(30)24(32)26(34)25(33)23(18)31;29-20-9-10-21-19(16-20)8-13-24-27(21)32-25(12-7-17-4-2-1-3-5-17)28(33-24)34-26(35)15-18-6-11-22(30)23(31)14-18;29-21-10-13-23-20(17-21)9-15-24-27(23)31-25(14-8-18-4-2-1-3-5-18)28(32-24)33-26(34)16-19-6-11-22(30)12-7-19;28-21-13-14-22-20(17-21)12-16-23-25(22)29-24(15-11-18-7-3-1-4-8-18)26(30-23)31-27(32)19-9-5-2-6-10-19/h1-5,8-9,12H,6-7,10-11,13H2,(H,36,37,38);1-6,9-11,14,16H,7-8,12-13,15H2,(H,33,34,35);1-7,10-13,17H,8-9,14-16H2,(H,32,33,34);1-10,13-14,17H,11-12,15-16H2,(H,30,31,32). The van der Waals surface area contributed by atoms with Gasteiger partial charge in [0.2, 0.25) is 23.5 Å². The van der Waals surface area contributed by atoms with Gasteiger partial charge in [-0.15, -0.1) is 0 Å². The summed E-state index contributed by atoms with van der Waals surface area (Å²) in [6.45, 7) is 0. The van der Waals surface area contributed by atoms with Gasteiger partial charge in [0.25, 0.3) is 5.91 Å². The number of hydrogen-bond donors (Lipinski definition) is 4. The monoisotopic (exact) mass is 1990 g/mol. The van der Waals surface area contributed by atoms with Gasteiger partial charge in [-0.2, -0.15) is 0 Å². The van der Waals surface area contributed by atoms with Crippen LogP contribution in [0.5, 0.6) is 0 Å². The highest BCUT2D eigenvalue weighted by Crippen LogP contribution is 2.40. The molecule has 698 valence electrons. The summed E-state index contributed by atoms with van der Waals surface area (Å²) < 4.78 is 152. The van der Waals surface area contributed by atoms with Crippen molar-refractivity contribution in [3.63, 3.8) is 0 Å². The minimum atomic E-state index is -2.30. The molecule has 4 N–H and O–H groups in total. The predicted octanol–water partition coefficient (Wildman–Crippen LogP) is 23.0. The fourth-order valence-corrected chi connectivity index (χ4v) is 17.6. The first-order valence-electron chi connectivity index (χ1n) is 45.3. The maximum Gasteiger partial charge on any atom is 0.256 e. The Morgan fingerprint density at radius 1 is 0.259 bits per heavy atom. The lowest BCUT2D eigenvalue weighted by Gasteiger charge is -2.21. The van der Waals surface area contributed by atoms with Crippen LogP contribution in [0.25, 0.3) is 45.0 Å². The second-order valence-corrected chi connectivity index (χ2v) is 35.1. The van der Waals surface area contributed by atoms with Crippen LogP contribution in [0.15, 0.2) is 267 Å². The summed E-state index contributed by atoms with van der Waals surface area (Å²) in [5.41, 5.74) is 20.3. The quantitative estimate of drug-likeness (QED) is 0.0203. The van der Waals surface area contributed by atoms with E-state index in [1.165, 1.54) is 53.6 Å². The summed E-state index contributed by atoms with van der Waals surface area (Å²) in [5.74, 6) is -14.1. The molecule has 28 heteroatoms. The maximum absolute atomic E-state index is 14.1. The van der Waals surface area contributed by atoms with E-state index in [2.05, 4.69) is 73.1 Å². The zero-order valence-corrected chi connectivity index (χ0v) is 76.7. The Morgan fingerprint density at radius 2 is 0.547 bits per heavy atom. The lowest BCUT2D eigenvalue weighted by atomic mass is 9.91. The minimum Gasteiger partial charge on any atom is -0.309 e. The lowest BCUT2D eigenvalue weighted by molar-refractivity contribution is -0.116. The second kappa shape index (κ2) is 43.9. The van der Waals surface area contributed by atoms with Gasteiger partial charge in [-0.05, 0) is 290 Å². The van der Waals surface area contributed by atoms with E-state index in [4.69, 9.17) is 34.9 Å². The molecule has 0 atom stereocenters. The van der Waals surface area contributed by atoms with Crippen LogP contribution in [0.2, 0.25) is 0 Å². The van der Waals surface area contributed by atoms with Gasteiger partial charge in [0, 0.05) is 37.0 Å². The smallest absolute Gasteiger partial charge is 0.256 e. The highest BCUT2D eigenvalue weighted by atomic mass is 127. The summed E-state index contributed by atoms with van der Waals surface area (Å²) in [4.78, 5) is 89.7. The van der Waals surface area contributed by atoms with Crippen LogP contribution in [0, 0.1) is 67.6 Å². The van der Waals surface area contributed by atoms with E-state index in [1.54, 1.807) is 48.5 Å². The van der Waals surface area contributed by atoms with Crippen LogP contribution >= 0.6 is 22.6 Å². The number of anilines is 4. The Bertz CT molecular complexity index is 7280. The molecule has 20 rings (SSSR count). The van der Waals surface area contributed by atoms with Crippen molar-refractivity contribution in [1.82, 2.24) is 39.9 Å². The van der Waals surface area contributed by atoms with Gasteiger partial charge in [0.15, 0.2) is 58.2 Å². The molecule has 0 radical (unpaired) electrons. The summed E-state index contributed by atoms with van der Waals surface area (Å²) in [6, 6.07) is 78.8. The van der Waals surface area contributed by atoms with Gasteiger partial charge in [0.05, 0.1) is 87.6 Å². The summed E-state index contributed by atoms with van der Waals surface area (Å²) in [7, 11) is 0. The second-order valence-electron chi connectivity index (χ2n) is 33.8. The van der Waals surface area contributed by atoms with Gasteiger partial charge in [-0.3, -0.25) is 19.2 Å². The van der Waals surface area contributed by atoms with E-state index in [-0.39, 0.29) is 53.7 Å². The van der Waals surface area contributed by atoms with Crippen LogP contribution in [-0.2, 0) is 136 Å². The molecule has 0 bridgehead atoms. The third-order valence-corrected chi connectivity index (χ3v) is 25.0. The van der Waals surface area contributed by atoms with Crippen LogP contribution < -0.4 is 21.3 Å². The molecule has 16 aromatic rings. The van der Waals surface area contributed by atoms with Crippen molar-refractivity contribution < 1.29 is 67.5 Å². The largest absolute Gasteiger partial charge is 0.309 e. The van der Waals surface area contributed by atoms with Crippen LogP contribution in [-0.4, -0.2) is 63.5 Å². The lowest BCUT2D eigenvalue weighted by Crippen LogP contribution is -2.22. The topological polar surface area (TPSA) is 220 Å². The van der Waals surface area contributed by atoms with E-state index in [9.17, 15) is 67.5 Å². The highest BCUT2D eigenvalue weighted by molar-refractivity contribution is 14.1. The number of rotatable bonds is 23. The van der Waals surface area contributed by atoms with Gasteiger partial charge >= 0.3 is 0 Å². The van der Waals surface area contributed by atoms with E-state index >= 15 is 0 Å². The molecule has 0 fully saturated rings. The van der Waals surface area contributed by atoms with Crippen LogP contribution in [0.1, 0.15) is 117 Å². The molecule has 16 nitrogen and oxygen atoms in total. The molecule has 4 heterocycles. The first kappa shape index (κ1) is 95.5. The van der Waals surface area contributed by atoms with Crippen LogP contribution in [0.3, 0.4) is 0 Å². The molecule has 139 heavy (non-hydrogen) atoms. The van der Waals surface area contributed by atoms with E-state index in [0.717, 1.165) is 124 Å². The summed E-state index contributed by atoms with van der Waals surface area (Å²) in [6.07, 6.45) is 8.73. The molecule has 0 saturated heterocycles. The number of nitrogens with one attached hydrogen (secondary N) is 4. The van der Waals surface area contributed by atoms with E-state index < -0.39 is 64.5 Å². The fraction of sp³-hybridized carbons (Fsp3) is 0.171. The van der Waals surface area contributed by atoms with Gasteiger partial charge < -0.3 is 21.3 Å². The molecule has 0 saturated carbocycles. The average molecular weight is 1990 g/mol. The zero-order valence-electron chi connectivity index (χ0n) is 74.6. The molecule has 4 aromatic heterocycles. The number of nitrogens with zero attached hydrogens (tertiary/aromatic N) is 8. The number of hydrogen-bond acceptors (Lipinski definition) is 12. The summed E-state index contributed by atoms with van der Waals surface area (Å²) in [5, 5.41) is 11.3. The number of fused-ring (bicyclic) bond motifs is 12. The SMILES string of the molecule is O=C(Cc1c(F)c(F)c(F)c(F)c1F)Nc1nc2c(nc1CCc1ccccc1)-c1ccc(F)cc1CC2.O=C(Cc1ccc(F)c(F)c1)Nc1nc2c(nc1CCc1ccccc1)-c1ccc(F)cc1CC2.O=C(Cc1ccc(I)cc1)Nc1nc2c(nc1CCc1ccccc1)-c1ccc(F)cc1CC2.O=C(Nc1nc2c(nc1CCc1ccccc1)-c1ccc(F)cc1CC2)c1ccccc1. The number of benzene rings is 12. The number of aryl methyl sites for hydroxylation is 16. The van der Waals surface area contributed by atoms with Crippen molar-refractivity contribution in [2.75, 3.05) is 21.3 Å². The van der Waals surface area contributed by atoms with Crippen molar-refractivity contribution in [2.24, 2.45) is 0 Å². The Kier molecular flexibility index (Phi) is 30.1. The van der Waals surface area contributed by atoms with Crippen molar-refractivity contribution in [3.8, 4) is 45.0 Å². The molecule has 4 aliphatic carbocycles. The van der Waals surface area contributed by atoms with E-state index in [0.29, 0.717) is 153 Å². The number of carbonyl (C=O) groups excluding carboxylic acids is 4. The Morgan fingerprint density at radius 3 is 0.871 bits per heavy atom. The first-order valence-corrected chi connectivity index (χ1v) is 46.3. The van der Waals surface area contributed by atoms with Crippen molar-refractivity contribution in [2.45, 2.75) is 122 Å². The molecule has 0 spiro atoms. The average Bonchev–Trinajstić information content (AvgIpc) is 0.783. The number of aromatic nitrogens is 8. The highest BCUT2D eigenvalue weighted by Gasteiger charge is 2.32. The van der Waals surface area contributed by atoms with Crippen molar-refractivity contribution >= 4 is 69.5 Å². The van der Waals surface area contributed by atoms with Gasteiger partial charge in [-0.1, -0.05) is 158 Å². The zero-order chi connectivity index (χ0) is 96.7. The molecule has 0 unspecified atom stereocenters. The van der Waals surface area contributed by atoms with E-state index in [1.807, 2.05) is 140 Å². The van der Waals surface area contributed by atoms with Gasteiger partial charge in [0.1, 0.15) is 23.3 Å². The van der Waals surface area contributed by atoms with Crippen LogP contribution in [0.4, 0.5) is 71.6 Å². The Hall–Kier alpha value is -15.2. The molecule has 12 aromatic carbocycles. The third-order valence-electron chi connectivity index (χ3n) is 24.3. The third kappa shape index (κ3) is 23.6. The minimum absolute atomic E-state index is 0.0270. The molecular weight excluding hydrogens is 1900 g/mol.